The highest BCUT2D eigenvalue weighted by atomic mass is 16.1. The van der Waals surface area contributed by atoms with Gasteiger partial charge in [-0.15, -0.1) is 0 Å². The van der Waals surface area contributed by atoms with E-state index >= 15 is 0 Å². The minimum atomic E-state index is 0.222. The summed E-state index contributed by atoms with van der Waals surface area (Å²) in [6.45, 7) is 9.62. The molecule has 1 fully saturated rings. The molecule has 0 heterocycles. The highest BCUT2D eigenvalue weighted by Crippen LogP contribution is 2.32. The molecule has 0 aromatic heterocycles. The van der Waals surface area contributed by atoms with Crippen LogP contribution in [0.4, 0.5) is 0 Å². The Morgan fingerprint density at radius 1 is 1.19 bits per heavy atom. The molecular formula is C18H36N2O. The fourth-order valence-electron chi connectivity index (χ4n) is 3.59. The Balaban J connectivity index is 2.34. The first-order chi connectivity index (χ1) is 9.84. The molecule has 1 aliphatic carbocycles. The van der Waals surface area contributed by atoms with Gasteiger partial charge in [0.15, 0.2) is 0 Å². The number of carbonyl (C=O) groups is 1. The number of nitrogens with two attached hydrogens (primary N) is 1. The lowest BCUT2D eigenvalue weighted by molar-refractivity contribution is -0.122. The zero-order chi connectivity index (χ0) is 15.9. The van der Waals surface area contributed by atoms with Gasteiger partial charge in [0.1, 0.15) is 0 Å². The molecule has 0 bridgehead atoms. The van der Waals surface area contributed by atoms with E-state index in [9.17, 15) is 4.79 Å². The van der Waals surface area contributed by atoms with Crippen molar-refractivity contribution >= 4 is 5.91 Å². The van der Waals surface area contributed by atoms with Crippen LogP contribution in [0.15, 0.2) is 0 Å². The van der Waals surface area contributed by atoms with E-state index in [4.69, 9.17) is 5.73 Å². The predicted octanol–water partition coefficient (Wildman–Crippen LogP) is 3.86. The van der Waals surface area contributed by atoms with Crippen LogP contribution in [-0.2, 0) is 4.79 Å². The molecule has 1 saturated carbocycles. The SMILES string of the molecule is CC(NC(=O)CCC(CCN)C(C)(C)C)C1CCCCC1. The summed E-state index contributed by atoms with van der Waals surface area (Å²) in [5.41, 5.74) is 5.94. The lowest BCUT2D eigenvalue weighted by Gasteiger charge is -2.31. The third-order valence-corrected chi connectivity index (χ3v) is 5.21. The molecule has 0 saturated heterocycles. The van der Waals surface area contributed by atoms with Gasteiger partial charge in [0.05, 0.1) is 0 Å². The Morgan fingerprint density at radius 2 is 1.81 bits per heavy atom. The van der Waals surface area contributed by atoms with E-state index < -0.39 is 0 Å². The van der Waals surface area contributed by atoms with Crippen LogP contribution < -0.4 is 11.1 Å². The lowest BCUT2D eigenvalue weighted by Crippen LogP contribution is -2.39. The Labute approximate surface area is 131 Å². The van der Waals surface area contributed by atoms with Gasteiger partial charge in [-0.2, -0.15) is 0 Å². The maximum Gasteiger partial charge on any atom is 0.220 e. The number of rotatable bonds is 7. The van der Waals surface area contributed by atoms with Crippen molar-refractivity contribution in [2.24, 2.45) is 23.0 Å². The average Bonchev–Trinajstić information content (AvgIpc) is 2.43. The molecule has 124 valence electrons. The van der Waals surface area contributed by atoms with E-state index in [1.807, 2.05) is 0 Å². The van der Waals surface area contributed by atoms with Crippen molar-refractivity contribution < 1.29 is 4.79 Å². The second kappa shape index (κ2) is 8.77. The third kappa shape index (κ3) is 6.82. The van der Waals surface area contributed by atoms with Crippen LogP contribution in [-0.4, -0.2) is 18.5 Å². The Kier molecular flexibility index (Phi) is 7.72. The molecule has 0 aromatic rings. The molecule has 3 N–H and O–H groups in total. The fourth-order valence-corrected chi connectivity index (χ4v) is 3.59. The lowest BCUT2D eigenvalue weighted by atomic mass is 9.76. The van der Waals surface area contributed by atoms with E-state index in [1.165, 1.54) is 32.1 Å². The molecule has 1 rings (SSSR count). The first kappa shape index (κ1) is 18.5. The minimum absolute atomic E-state index is 0.222. The second-order valence-corrected chi connectivity index (χ2v) is 7.93. The van der Waals surface area contributed by atoms with Crippen LogP contribution in [0.3, 0.4) is 0 Å². The van der Waals surface area contributed by atoms with Crippen molar-refractivity contribution in [1.29, 1.82) is 0 Å². The summed E-state index contributed by atoms with van der Waals surface area (Å²) < 4.78 is 0. The molecule has 21 heavy (non-hydrogen) atoms. The van der Waals surface area contributed by atoms with Gasteiger partial charge in [-0.1, -0.05) is 40.0 Å². The molecule has 2 atom stereocenters. The van der Waals surface area contributed by atoms with Crippen LogP contribution in [0, 0.1) is 17.3 Å². The molecule has 0 aliphatic heterocycles. The van der Waals surface area contributed by atoms with Gasteiger partial charge in [0, 0.05) is 12.5 Å². The van der Waals surface area contributed by atoms with Crippen molar-refractivity contribution in [3.05, 3.63) is 0 Å². The molecule has 0 aromatic carbocycles. The maximum atomic E-state index is 12.2. The monoisotopic (exact) mass is 296 g/mol. The van der Waals surface area contributed by atoms with Crippen molar-refractivity contribution in [3.8, 4) is 0 Å². The molecule has 0 radical (unpaired) electrons. The van der Waals surface area contributed by atoms with Crippen molar-refractivity contribution in [3.63, 3.8) is 0 Å². The van der Waals surface area contributed by atoms with Gasteiger partial charge < -0.3 is 11.1 Å². The normalized spacial score (nSPS) is 20.0. The number of nitrogens with one attached hydrogen (secondary N) is 1. The average molecular weight is 296 g/mol. The predicted molar refractivity (Wildman–Crippen MR) is 90.0 cm³/mol. The van der Waals surface area contributed by atoms with Crippen LogP contribution in [0.25, 0.3) is 0 Å². The van der Waals surface area contributed by atoms with Crippen LogP contribution in [0.2, 0.25) is 0 Å². The zero-order valence-corrected chi connectivity index (χ0v) is 14.6. The summed E-state index contributed by atoms with van der Waals surface area (Å²) >= 11 is 0. The summed E-state index contributed by atoms with van der Waals surface area (Å²) in [6, 6.07) is 0.334. The van der Waals surface area contributed by atoms with Gasteiger partial charge in [0.2, 0.25) is 5.91 Å². The van der Waals surface area contributed by atoms with Gasteiger partial charge in [-0.25, -0.2) is 0 Å². The largest absolute Gasteiger partial charge is 0.353 e. The topological polar surface area (TPSA) is 55.1 Å². The molecular weight excluding hydrogens is 260 g/mol. The Morgan fingerprint density at radius 3 is 2.33 bits per heavy atom. The zero-order valence-electron chi connectivity index (χ0n) is 14.6. The highest BCUT2D eigenvalue weighted by Gasteiger charge is 2.25. The highest BCUT2D eigenvalue weighted by molar-refractivity contribution is 5.76. The molecule has 3 heteroatoms. The third-order valence-electron chi connectivity index (χ3n) is 5.21. The number of hydrogen-bond donors (Lipinski definition) is 2. The van der Waals surface area contributed by atoms with Gasteiger partial charge >= 0.3 is 0 Å². The Hall–Kier alpha value is -0.570. The standard InChI is InChI=1S/C18H36N2O/c1-14(15-8-6-5-7-9-15)20-17(21)11-10-16(12-13-19)18(2,3)4/h14-16H,5-13,19H2,1-4H3,(H,20,21). The molecule has 3 nitrogen and oxygen atoms in total. The number of hydrogen-bond acceptors (Lipinski definition) is 2. The number of carbonyl (C=O) groups excluding carboxylic acids is 1. The smallest absolute Gasteiger partial charge is 0.220 e. The van der Waals surface area contributed by atoms with Gasteiger partial charge in [0.25, 0.3) is 0 Å². The van der Waals surface area contributed by atoms with E-state index in [2.05, 4.69) is 33.0 Å². The molecule has 2 unspecified atom stereocenters. The van der Waals surface area contributed by atoms with E-state index in [0.29, 0.717) is 30.8 Å². The first-order valence-electron chi connectivity index (χ1n) is 8.84. The fraction of sp³-hybridized carbons (Fsp3) is 0.944. The minimum Gasteiger partial charge on any atom is -0.353 e. The summed E-state index contributed by atoms with van der Waals surface area (Å²) in [5, 5.41) is 3.23. The van der Waals surface area contributed by atoms with E-state index in [1.54, 1.807) is 0 Å². The number of amides is 1. The van der Waals surface area contributed by atoms with Crippen LogP contribution in [0.1, 0.15) is 79.1 Å². The van der Waals surface area contributed by atoms with Crippen LogP contribution >= 0.6 is 0 Å². The molecule has 1 amide bonds. The summed E-state index contributed by atoms with van der Waals surface area (Å²) in [5.74, 6) is 1.43. The maximum absolute atomic E-state index is 12.2. The van der Waals surface area contributed by atoms with E-state index in [0.717, 1.165) is 12.8 Å². The summed E-state index contributed by atoms with van der Waals surface area (Å²) in [6.07, 6.45) is 9.17. The van der Waals surface area contributed by atoms with Crippen LogP contribution in [0.5, 0.6) is 0 Å². The van der Waals surface area contributed by atoms with E-state index in [-0.39, 0.29) is 11.3 Å². The Bertz CT molecular complexity index is 303. The van der Waals surface area contributed by atoms with Crippen molar-refractivity contribution in [2.45, 2.75) is 85.1 Å². The van der Waals surface area contributed by atoms with Gasteiger partial charge in [-0.3, -0.25) is 4.79 Å². The molecule has 1 aliphatic rings. The molecule has 0 spiro atoms. The quantitative estimate of drug-likeness (QED) is 0.749. The summed E-state index contributed by atoms with van der Waals surface area (Å²) in [4.78, 5) is 12.2. The van der Waals surface area contributed by atoms with Crippen molar-refractivity contribution in [2.75, 3.05) is 6.54 Å². The second-order valence-electron chi connectivity index (χ2n) is 7.93. The van der Waals surface area contributed by atoms with Crippen molar-refractivity contribution in [1.82, 2.24) is 5.32 Å². The summed E-state index contributed by atoms with van der Waals surface area (Å²) in [7, 11) is 0. The first-order valence-corrected chi connectivity index (χ1v) is 8.84. The van der Waals surface area contributed by atoms with Gasteiger partial charge in [-0.05, 0) is 56.4 Å².